The molecule has 0 fully saturated rings. The molecule has 1 aromatic heterocycles. The highest BCUT2D eigenvalue weighted by Crippen LogP contribution is 2.28. The number of benzene rings is 1. The summed E-state index contributed by atoms with van der Waals surface area (Å²) in [5.41, 5.74) is 2.02. The van der Waals surface area contributed by atoms with Gasteiger partial charge >= 0.3 is 5.97 Å². The van der Waals surface area contributed by atoms with Crippen LogP contribution in [0.1, 0.15) is 29.4 Å². The molecule has 1 N–H and O–H groups in total. The number of aryl methyl sites for hydroxylation is 1. The topological polar surface area (TPSA) is 51.5 Å². The Hall–Kier alpha value is -1.97. The molecule has 2 aromatic rings. The fourth-order valence-corrected chi connectivity index (χ4v) is 2.13. The minimum atomic E-state index is -0.897. The fourth-order valence-electron chi connectivity index (χ4n) is 2.13. The van der Waals surface area contributed by atoms with Gasteiger partial charge in [-0.25, -0.2) is 4.79 Å². The fraction of sp³-hybridized carbons (Fsp3) is 0.357. The highest BCUT2D eigenvalue weighted by molar-refractivity contribution is 6.05. The van der Waals surface area contributed by atoms with Crippen LogP contribution in [-0.4, -0.2) is 22.2 Å². The zero-order valence-electron chi connectivity index (χ0n) is 10.9. The lowest BCUT2D eigenvalue weighted by atomic mass is 10.1. The third-order valence-corrected chi connectivity index (χ3v) is 3.15. The number of hydrogen-bond donors (Lipinski definition) is 1. The van der Waals surface area contributed by atoms with Crippen molar-refractivity contribution in [3.05, 3.63) is 29.5 Å². The molecule has 0 saturated heterocycles. The summed E-state index contributed by atoms with van der Waals surface area (Å²) in [5, 5.41) is 10.0. The Morgan fingerprint density at radius 2 is 2.17 bits per heavy atom. The van der Waals surface area contributed by atoms with Gasteiger partial charge in [0.25, 0.3) is 0 Å². The Balaban J connectivity index is 2.60. The molecular formula is C14H17NO3. The average Bonchev–Trinajstić information content (AvgIpc) is 2.59. The summed E-state index contributed by atoms with van der Waals surface area (Å²) in [4.78, 5) is 11.3. The smallest absolute Gasteiger partial charge is 0.338 e. The second-order valence-corrected chi connectivity index (χ2v) is 4.35. The van der Waals surface area contributed by atoms with Crippen LogP contribution in [0.4, 0.5) is 0 Å². The molecule has 0 spiro atoms. The molecule has 0 amide bonds. The normalized spacial score (nSPS) is 10.8. The molecule has 18 heavy (non-hydrogen) atoms. The van der Waals surface area contributed by atoms with E-state index in [1.807, 2.05) is 37.6 Å². The lowest BCUT2D eigenvalue weighted by Gasteiger charge is -2.05. The summed E-state index contributed by atoms with van der Waals surface area (Å²) in [6.07, 6.45) is 0.928. The molecule has 0 bridgehead atoms. The van der Waals surface area contributed by atoms with Crippen LogP contribution in [0.2, 0.25) is 0 Å². The van der Waals surface area contributed by atoms with Crippen molar-refractivity contribution >= 4 is 16.9 Å². The van der Waals surface area contributed by atoms with Gasteiger partial charge in [0.1, 0.15) is 5.75 Å². The van der Waals surface area contributed by atoms with Gasteiger partial charge in [-0.2, -0.15) is 0 Å². The molecule has 0 radical (unpaired) electrons. The van der Waals surface area contributed by atoms with Crippen molar-refractivity contribution in [3.8, 4) is 5.75 Å². The van der Waals surface area contributed by atoms with Gasteiger partial charge in [0.15, 0.2) is 0 Å². The third-order valence-electron chi connectivity index (χ3n) is 3.15. The van der Waals surface area contributed by atoms with Crippen molar-refractivity contribution in [1.82, 2.24) is 4.57 Å². The summed E-state index contributed by atoms with van der Waals surface area (Å²) >= 11 is 0. The van der Waals surface area contributed by atoms with E-state index in [0.29, 0.717) is 12.2 Å². The molecule has 1 heterocycles. The zero-order chi connectivity index (χ0) is 13.3. The lowest BCUT2D eigenvalue weighted by Crippen LogP contribution is -1.99. The van der Waals surface area contributed by atoms with Gasteiger partial charge in [-0.15, -0.1) is 0 Å². The van der Waals surface area contributed by atoms with Gasteiger partial charge in [-0.3, -0.25) is 0 Å². The third kappa shape index (κ3) is 1.94. The maximum atomic E-state index is 11.3. The van der Waals surface area contributed by atoms with E-state index in [0.717, 1.165) is 28.8 Å². The molecule has 2 rings (SSSR count). The number of rotatable bonds is 4. The lowest BCUT2D eigenvalue weighted by molar-refractivity contribution is 0.0698. The summed E-state index contributed by atoms with van der Waals surface area (Å²) in [6, 6.07) is 5.59. The molecule has 4 heteroatoms. The van der Waals surface area contributed by atoms with Crippen molar-refractivity contribution in [2.24, 2.45) is 7.05 Å². The van der Waals surface area contributed by atoms with E-state index in [4.69, 9.17) is 4.74 Å². The highest BCUT2D eigenvalue weighted by atomic mass is 16.5. The van der Waals surface area contributed by atoms with E-state index < -0.39 is 5.97 Å². The van der Waals surface area contributed by atoms with Gasteiger partial charge in [-0.1, -0.05) is 6.92 Å². The number of nitrogens with zero attached hydrogens (tertiary/aromatic N) is 1. The van der Waals surface area contributed by atoms with Gasteiger partial charge in [0, 0.05) is 23.6 Å². The van der Waals surface area contributed by atoms with Gasteiger partial charge in [-0.05, 0) is 31.5 Å². The van der Waals surface area contributed by atoms with Gasteiger partial charge in [0.05, 0.1) is 12.2 Å². The molecule has 0 saturated carbocycles. The number of carboxylic acid groups (broad SMARTS) is 1. The molecule has 0 aliphatic heterocycles. The van der Waals surface area contributed by atoms with Gasteiger partial charge in [0.2, 0.25) is 0 Å². The van der Waals surface area contributed by atoms with E-state index >= 15 is 0 Å². The van der Waals surface area contributed by atoms with Crippen LogP contribution in [0, 0.1) is 6.92 Å². The van der Waals surface area contributed by atoms with Crippen LogP contribution in [0.5, 0.6) is 5.75 Å². The first kappa shape index (κ1) is 12.5. The minimum absolute atomic E-state index is 0.356. The molecule has 96 valence electrons. The van der Waals surface area contributed by atoms with Crippen molar-refractivity contribution in [1.29, 1.82) is 0 Å². The van der Waals surface area contributed by atoms with E-state index in [-0.39, 0.29) is 0 Å². The summed E-state index contributed by atoms with van der Waals surface area (Å²) in [7, 11) is 1.87. The van der Waals surface area contributed by atoms with Crippen molar-refractivity contribution < 1.29 is 14.6 Å². The predicted octanol–water partition coefficient (Wildman–Crippen LogP) is 2.97. The van der Waals surface area contributed by atoms with Crippen molar-refractivity contribution in [2.45, 2.75) is 20.3 Å². The molecular weight excluding hydrogens is 230 g/mol. The summed E-state index contributed by atoms with van der Waals surface area (Å²) in [6.45, 7) is 4.49. The second-order valence-electron chi connectivity index (χ2n) is 4.35. The number of fused-ring (bicyclic) bond motifs is 1. The maximum absolute atomic E-state index is 11.3. The Morgan fingerprint density at radius 1 is 1.44 bits per heavy atom. The monoisotopic (exact) mass is 247 g/mol. The van der Waals surface area contributed by atoms with E-state index in [9.17, 15) is 9.90 Å². The number of hydrogen-bond acceptors (Lipinski definition) is 2. The molecule has 0 aliphatic carbocycles. The molecule has 4 nitrogen and oxygen atoms in total. The number of carboxylic acids is 1. The number of ether oxygens (including phenoxy) is 1. The molecule has 0 unspecified atom stereocenters. The Kier molecular flexibility index (Phi) is 3.28. The zero-order valence-corrected chi connectivity index (χ0v) is 10.9. The Labute approximate surface area is 106 Å². The quantitative estimate of drug-likeness (QED) is 0.903. The van der Waals surface area contributed by atoms with Crippen LogP contribution in [0.25, 0.3) is 10.9 Å². The molecule has 0 atom stereocenters. The number of aromatic nitrogens is 1. The van der Waals surface area contributed by atoms with Crippen LogP contribution >= 0.6 is 0 Å². The van der Waals surface area contributed by atoms with Crippen molar-refractivity contribution in [2.75, 3.05) is 6.61 Å². The number of aromatic carboxylic acids is 1. The van der Waals surface area contributed by atoms with E-state index in [1.165, 1.54) is 0 Å². The average molecular weight is 247 g/mol. The standard InChI is InChI=1S/C14H17NO3/c1-4-7-18-10-5-6-12-11(8-10)13(14(16)17)9(2)15(12)3/h5-6,8H,4,7H2,1-3H3,(H,16,17). The highest BCUT2D eigenvalue weighted by Gasteiger charge is 2.18. The van der Waals surface area contributed by atoms with Crippen LogP contribution in [-0.2, 0) is 7.05 Å². The second kappa shape index (κ2) is 4.72. The summed E-state index contributed by atoms with van der Waals surface area (Å²) in [5.74, 6) is -0.178. The van der Waals surface area contributed by atoms with Crippen LogP contribution in [0.15, 0.2) is 18.2 Å². The van der Waals surface area contributed by atoms with Crippen LogP contribution < -0.4 is 4.74 Å². The van der Waals surface area contributed by atoms with Crippen LogP contribution in [0.3, 0.4) is 0 Å². The number of carbonyl (C=O) groups is 1. The first-order chi connectivity index (χ1) is 8.56. The Morgan fingerprint density at radius 3 is 2.78 bits per heavy atom. The predicted molar refractivity (Wildman–Crippen MR) is 70.4 cm³/mol. The minimum Gasteiger partial charge on any atom is -0.494 e. The Bertz CT molecular complexity index is 599. The first-order valence-corrected chi connectivity index (χ1v) is 6.01. The molecule has 1 aromatic carbocycles. The molecule has 0 aliphatic rings. The van der Waals surface area contributed by atoms with E-state index in [1.54, 1.807) is 6.07 Å². The summed E-state index contributed by atoms with van der Waals surface area (Å²) < 4.78 is 7.44. The van der Waals surface area contributed by atoms with Gasteiger partial charge < -0.3 is 14.4 Å². The maximum Gasteiger partial charge on any atom is 0.338 e. The SMILES string of the molecule is CCCOc1ccc2c(c1)c(C(=O)O)c(C)n2C. The first-order valence-electron chi connectivity index (χ1n) is 6.01. The van der Waals surface area contributed by atoms with E-state index in [2.05, 4.69) is 0 Å². The largest absolute Gasteiger partial charge is 0.494 e. The van der Waals surface area contributed by atoms with Crippen molar-refractivity contribution in [3.63, 3.8) is 0 Å².